The molecule has 16 heavy (non-hydrogen) atoms. The van der Waals surface area contributed by atoms with Crippen molar-refractivity contribution in [1.29, 1.82) is 0 Å². The van der Waals surface area contributed by atoms with E-state index in [0.29, 0.717) is 11.1 Å². The average molecular weight is 240 g/mol. The van der Waals surface area contributed by atoms with E-state index >= 15 is 0 Å². The first-order valence-corrected chi connectivity index (χ1v) is 6.18. The van der Waals surface area contributed by atoms with E-state index in [2.05, 4.69) is 5.32 Å². The molecule has 2 atom stereocenters. The molecule has 1 aliphatic heterocycles. The fourth-order valence-electron chi connectivity index (χ4n) is 2.42. The van der Waals surface area contributed by atoms with Crippen molar-refractivity contribution in [2.75, 3.05) is 6.54 Å². The van der Waals surface area contributed by atoms with Crippen LogP contribution in [0.5, 0.6) is 0 Å². The lowest BCUT2D eigenvalue weighted by atomic mass is 9.88. The maximum Gasteiger partial charge on any atom is 0.0897 e. The van der Waals surface area contributed by atoms with Crippen molar-refractivity contribution < 1.29 is 5.11 Å². The van der Waals surface area contributed by atoms with Gasteiger partial charge in [0.15, 0.2) is 0 Å². The van der Waals surface area contributed by atoms with Crippen molar-refractivity contribution in [3.63, 3.8) is 0 Å². The summed E-state index contributed by atoms with van der Waals surface area (Å²) in [6.07, 6.45) is 3.06. The largest absolute Gasteiger partial charge is 0.385 e. The van der Waals surface area contributed by atoms with Gasteiger partial charge in [0.25, 0.3) is 0 Å². The van der Waals surface area contributed by atoms with Crippen LogP contribution in [0.15, 0.2) is 24.3 Å². The molecule has 0 amide bonds. The van der Waals surface area contributed by atoms with Gasteiger partial charge in [0.1, 0.15) is 0 Å². The Morgan fingerprint density at radius 2 is 2.25 bits per heavy atom. The highest BCUT2D eigenvalue weighted by Gasteiger charge is 2.30. The molecule has 0 saturated carbocycles. The topological polar surface area (TPSA) is 32.3 Å². The summed E-state index contributed by atoms with van der Waals surface area (Å²) in [5, 5.41) is 14.5. The van der Waals surface area contributed by atoms with Gasteiger partial charge in [-0.3, -0.25) is 0 Å². The fraction of sp³-hybridized carbons (Fsp3) is 0.538. The first-order valence-electron chi connectivity index (χ1n) is 5.80. The number of aliphatic hydroxyl groups is 1. The predicted octanol–water partition coefficient (Wildman–Crippen LogP) is 2.69. The van der Waals surface area contributed by atoms with Crippen molar-refractivity contribution in [3.8, 4) is 0 Å². The van der Waals surface area contributed by atoms with E-state index in [1.165, 1.54) is 6.42 Å². The smallest absolute Gasteiger partial charge is 0.0897 e. The lowest BCUT2D eigenvalue weighted by molar-refractivity contribution is 0.0386. The molecule has 0 aromatic heterocycles. The summed E-state index contributed by atoms with van der Waals surface area (Å²) < 4.78 is 0. The van der Waals surface area contributed by atoms with Gasteiger partial charge >= 0.3 is 0 Å². The number of halogens is 1. The van der Waals surface area contributed by atoms with Crippen molar-refractivity contribution in [2.45, 2.75) is 37.8 Å². The summed E-state index contributed by atoms with van der Waals surface area (Å²) in [6.45, 7) is 2.90. The Morgan fingerprint density at radius 1 is 1.50 bits per heavy atom. The quantitative estimate of drug-likeness (QED) is 0.850. The molecule has 1 aromatic rings. The second-order valence-electron chi connectivity index (χ2n) is 4.75. The van der Waals surface area contributed by atoms with E-state index in [4.69, 9.17) is 11.6 Å². The molecule has 0 radical (unpaired) electrons. The summed E-state index contributed by atoms with van der Waals surface area (Å²) in [7, 11) is 0. The van der Waals surface area contributed by atoms with E-state index < -0.39 is 5.60 Å². The molecule has 1 heterocycles. The molecular weight excluding hydrogens is 222 g/mol. The second kappa shape index (κ2) is 4.74. The first kappa shape index (κ1) is 11.9. The first-order chi connectivity index (χ1) is 7.59. The molecule has 0 aliphatic carbocycles. The highest BCUT2D eigenvalue weighted by atomic mass is 35.5. The van der Waals surface area contributed by atoms with Gasteiger partial charge in [-0.1, -0.05) is 29.8 Å². The third-order valence-corrected chi connectivity index (χ3v) is 3.59. The highest BCUT2D eigenvalue weighted by molar-refractivity contribution is 6.31. The van der Waals surface area contributed by atoms with Crippen LogP contribution in [0.25, 0.3) is 0 Å². The molecule has 1 aliphatic rings. The molecular formula is C13H18ClNO. The van der Waals surface area contributed by atoms with Crippen molar-refractivity contribution in [1.82, 2.24) is 5.32 Å². The molecule has 0 bridgehead atoms. The van der Waals surface area contributed by atoms with Gasteiger partial charge < -0.3 is 10.4 Å². The van der Waals surface area contributed by atoms with Crippen LogP contribution in [0, 0.1) is 0 Å². The molecule has 88 valence electrons. The molecule has 1 aromatic carbocycles. The molecule has 2 N–H and O–H groups in total. The zero-order chi connectivity index (χ0) is 11.6. The minimum Gasteiger partial charge on any atom is -0.385 e. The van der Waals surface area contributed by atoms with Gasteiger partial charge in [-0.25, -0.2) is 0 Å². The zero-order valence-corrected chi connectivity index (χ0v) is 10.3. The molecule has 3 heteroatoms. The normalized spacial score (nSPS) is 24.3. The van der Waals surface area contributed by atoms with Crippen LogP contribution < -0.4 is 5.32 Å². The lowest BCUT2D eigenvalue weighted by Gasteiger charge is -2.28. The van der Waals surface area contributed by atoms with E-state index in [9.17, 15) is 5.11 Å². The Labute approximate surface area is 102 Å². The Balaban J connectivity index is 2.14. The molecule has 1 saturated heterocycles. The number of hydrogen-bond donors (Lipinski definition) is 2. The molecule has 1 fully saturated rings. The van der Waals surface area contributed by atoms with Crippen LogP contribution in [0.1, 0.15) is 31.7 Å². The molecule has 2 nitrogen and oxygen atoms in total. The number of rotatable bonds is 3. The lowest BCUT2D eigenvalue weighted by Crippen LogP contribution is -2.32. The third-order valence-electron chi connectivity index (χ3n) is 3.26. The summed E-state index contributed by atoms with van der Waals surface area (Å²) in [6, 6.07) is 7.93. The van der Waals surface area contributed by atoms with Crippen molar-refractivity contribution in [3.05, 3.63) is 34.9 Å². The maximum absolute atomic E-state index is 10.5. The van der Waals surface area contributed by atoms with Crippen molar-refractivity contribution >= 4 is 11.6 Å². The van der Waals surface area contributed by atoms with Gasteiger partial charge in [-0.05, 0) is 38.8 Å². The average Bonchev–Trinajstić information content (AvgIpc) is 2.70. The van der Waals surface area contributed by atoms with E-state index in [0.717, 1.165) is 24.9 Å². The minimum absolute atomic E-state index is 0.409. The highest BCUT2D eigenvalue weighted by Crippen LogP contribution is 2.32. The fourth-order valence-corrected chi connectivity index (χ4v) is 2.76. The second-order valence-corrected chi connectivity index (χ2v) is 5.16. The molecule has 2 unspecified atom stereocenters. The number of hydrogen-bond acceptors (Lipinski definition) is 2. The van der Waals surface area contributed by atoms with Crippen LogP contribution >= 0.6 is 11.6 Å². The Bertz CT molecular complexity index is 359. The summed E-state index contributed by atoms with van der Waals surface area (Å²) in [4.78, 5) is 0. The van der Waals surface area contributed by atoms with Crippen LogP contribution in [0.3, 0.4) is 0 Å². The monoisotopic (exact) mass is 239 g/mol. The maximum atomic E-state index is 10.5. The third kappa shape index (κ3) is 2.57. The van der Waals surface area contributed by atoms with E-state index in [1.54, 1.807) is 0 Å². The van der Waals surface area contributed by atoms with Crippen LogP contribution in [0.4, 0.5) is 0 Å². The van der Waals surface area contributed by atoms with Gasteiger partial charge in [-0.2, -0.15) is 0 Å². The standard InChI is InChI=1S/C13H18ClNO/c1-13(16,9-10-5-4-8-15-10)11-6-2-3-7-12(11)14/h2-3,6-7,10,15-16H,4-5,8-9H2,1H3. The minimum atomic E-state index is -0.847. The Kier molecular flexibility index (Phi) is 3.53. The van der Waals surface area contributed by atoms with Crippen LogP contribution in [-0.2, 0) is 5.60 Å². The van der Waals surface area contributed by atoms with Gasteiger partial charge in [0.05, 0.1) is 5.60 Å². The van der Waals surface area contributed by atoms with Crippen LogP contribution in [-0.4, -0.2) is 17.7 Å². The predicted molar refractivity (Wildman–Crippen MR) is 66.7 cm³/mol. The number of nitrogens with one attached hydrogen (secondary N) is 1. The van der Waals surface area contributed by atoms with Gasteiger partial charge in [-0.15, -0.1) is 0 Å². The van der Waals surface area contributed by atoms with Gasteiger partial charge in [0, 0.05) is 16.6 Å². The Hall–Kier alpha value is -0.570. The zero-order valence-electron chi connectivity index (χ0n) is 9.54. The SMILES string of the molecule is CC(O)(CC1CCCN1)c1ccccc1Cl. The van der Waals surface area contributed by atoms with Crippen LogP contribution in [0.2, 0.25) is 5.02 Å². The van der Waals surface area contributed by atoms with E-state index in [-0.39, 0.29) is 0 Å². The Morgan fingerprint density at radius 3 is 2.88 bits per heavy atom. The summed E-state index contributed by atoms with van der Waals surface area (Å²) >= 11 is 6.11. The van der Waals surface area contributed by atoms with Gasteiger partial charge in [0.2, 0.25) is 0 Å². The summed E-state index contributed by atoms with van der Waals surface area (Å²) in [5.74, 6) is 0. The molecule has 2 rings (SSSR count). The van der Waals surface area contributed by atoms with Crippen molar-refractivity contribution in [2.24, 2.45) is 0 Å². The van der Waals surface area contributed by atoms with E-state index in [1.807, 2.05) is 31.2 Å². The molecule has 0 spiro atoms. The number of benzene rings is 1. The summed E-state index contributed by atoms with van der Waals surface area (Å²) in [5.41, 5.74) is -0.0225.